The van der Waals surface area contributed by atoms with Crippen LogP contribution in [-0.4, -0.2) is 31.5 Å². The highest BCUT2D eigenvalue weighted by Gasteiger charge is 2.30. The Balaban J connectivity index is 0.00000176. The van der Waals surface area contributed by atoms with E-state index in [1.807, 2.05) is 6.92 Å². The number of hydrogen-bond acceptors (Lipinski definition) is 3. The predicted octanol–water partition coefficient (Wildman–Crippen LogP) is 2.67. The van der Waals surface area contributed by atoms with Crippen molar-refractivity contribution in [1.82, 2.24) is 0 Å². The van der Waals surface area contributed by atoms with Crippen LogP contribution in [0.5, 0.6) is 0 Å². The molecule has 1 saturated heterocycles. The van der Waals surface area contributed by atoms with Gasteiger partial charge in [0.05, 0.1) is 13.2 Å². The molecule has 0 saturated carbocycles. The van der Waals surface area contributed by atoms with E-state index in [0.717, 1.165) is 12.1 Å². The number of fused-ring (bicyclic) bond motifs is 1. The molecule has 5 nitrogen and oxygen atoms in total. The quantitative estimate of drug-likeness (QED) is 0.449. The Morgan fingerprint density at radius 2 is 2.00 bits per heavy atom. The lowest BCUT2D eigenvalue weighted by Gasteiger charge is -2.20. The lowest BCUT2D eigenvalue weighted by atomic mass is 10.1. The van der Waals surface area contributed by atoms with Gasteiger partial charge in [-0.15, -0.1) is 24.0 Å². The molecule has 0 radical (unpaired) electrons. The van der Waals surface area contributed by atoms with Crippen LogP contribution >= 0.6 is 24.0 Å². The van der Waals surface area contributed by atoms with E-state index in [9.17, 15) is 0 Å². The molecule has 0 aromatic heterocycles. The van der Waals surface area contributed by atoms with Gasteiger partial charge in [-0.2, -0.15) is 0 Å². The van der Waals surface area contributed by atoms with Crippen LogP contribution in [0.2, 0.25) is 0 Å². The number of nitrogens with one attached hydrogen (secondary N) is 1. The molecule has 0 spiro atoms. The molecule has 1 aliphatic carbocycles. The molecule has 0 atom stereocenters. The van der Waals surface area contributed by atoms with Crippen LogP contribution in [0.15, 0.2) is 23.2 Å². The summed E-state index contributed by atoms with van der Waals surface area (Å²) in [5.74, 6) is -0.0632. The highest BCUT2D eigenvalue weighted by atomic mass is 127. The Kier molecular flexibility index (Phi) is 6.05. The number of nitrogens with two attached hydrogens (primary N) is 1. The lowest BCUT2D eigenvalue weighted by Crippen LogP contribution is -2.28. The Labute approximate surface area is 148 Å². The second kappa shape index (κ2) is 7.61. The van der Waals surface area contributed by atoms with Gasteiger partial charge in [0.15, 0.2) is 11.7 Å². The number of benzene rings is 1. The van der Waals surface area contributed by atoms with Crippen molar-refractivity contribution in [3.63, 3.8) is 0 Å². The smallest absolute Gasteiger partial charge is 0.193 e. The SMILES string of the molecule is CC1(CCN=C(N)Nc2ccc3c(c2)CCC3)OCCO1.I. The zero-order valence-electron chi connectivity index (χ0n) is 12.9. The van der Waals surface area contributed by atoms with Crippen LogP contribution in [-0.2, 0) is 22.3 Å². The van der Waals surface area contributed by atoms with Crippen LogP contribution in [0.1, 0.15) is 30.9 Å². The van der Waals surface area contributed by atoms with E-state index >= 15 is 0 Å². The van der Waals surface area contributed by atoms with Gasteiger partial charge < -0.3 is 20.5 Å². The van der Waals surface area contributed by atoms with Crippen molar-refractivity contribution >= 4 is 35.6 Å². The highest BCUT2D eigenvalue weighted by Crippen LogP contribution is 2.25. The summed E-state index contributed by atoms with van der Waals surface area (Å²) in [6, 6.07) is 6.42. The van der Waals surface area contributed by atoms with Crippen LogP contribution in [0.4, 0.5) is 5.69 Å². The topological polar surface area (TPSA) is 68.9 Å². The Morgan fingerprint density at radius 3 is 2.77 bits per heavy atom. The summed E-state index contributed by atoms with van der Waals surface area (Å²) in [6.07, 6.45) is 4.31. The van der Waals surface area contributed by atoms with Gasteiger partial charge in [-0.3, -0.25) is 4.99 Å². The maximum absolute atomic E-state index is 5.94. The van der Waals surface area contributed by atoms with Gasteiger partial charge in [0.2, 0.25) is 0 Å². The second-order valence-corrected chi connectivity index (χ2v) is 5.81. The minimum atomic E-state index is -0.503. The molecule has 1 aromatic carbocycles. The molecule has 0 amide bonds. The van der Waals surface area contributed by atoms with Crippen molar-refractivity contribution < 1.29 is 9.47 Å². The molecule has 1 heterocycles. The van der Waals surface area contributed by atoms with Gasteiger partial charge in [-0.25, -0.2) is 0 Å². The van der Waals surface area contributed by atoms with Crippen LogP contribution < -0.4 is 11.1 Å². The zero-order chi connectivity index (χ0) is 14.7. The molecule has 3 N–H and O–H groups in total. The highest BCUT2D eigenvalue weighted by molar-refractivity contribution is 14.0. The monoisotopic (exact) mass is 417 g/mol. The van der Waals surface area contributed by atoms with E-state index in [1.165, 1.54) is 24.0 Å². The number of halogens is 1. The number of aliphatic imine (C=N–C) groups is 1. The number of nitrogens with zero attached hydrogens (tertiary/aromatic N) is 1. The molecule has 3 rings (SSSR count). The summed E-state index contributed by atoms with van der Waals surface area (Å²) in [7, 11) is 0. The largest absolute Gasteiger partial charge is 0.370 e. The van der Waals surface area contributed by atoms with Crippen molar-refractivity contribution in [2.24, 2.45) is 10.7 Å². The molecule has 1 aliphatic heterocycles. The number of aryl methyl sites for hydroxylation is 2. The first-order chi connectivity index (χ1) is 10.1. The molecule has 122 valence electrons. The van der Waals surface area contributed by atoms with E-state index in [-0.39, 0.29) is 24.0 Å². The first-order valence-corrected chi connectivity index (χ1v) is 7.61. The lowest BCUT2D eigenvalue weighted by molar-refractivity contribution is -0.144. The van der Waals surface area contributed by atoms with E-state index in [4.69, 9.17) is 15.2 Å². The van der Waals surface area contributed by atoms with Crippen molar-refractivity contribution in [2.45, 2.75) is 38.4 Å². The van der Waals surface area contributed by atoms with Crippen molar-refractivity contribution in [2.75, 3.05) is 25.1 Å². The minimum absolute atomic E-state index is 0. The van der Waals surface area contributed by atoms with Crippen molar-refractivity contribution in [1.29, 1.82) is 0 Å². The fourth-order valence-electron chi connectivity index (χ4n) is 2.92. The van der Waals surface area contributed by atoms with Crippen LogP contribution in [0, 0.1) is 0 Å². The first kappa shape index (κ1) is 17.5. The zero-order valence-corrected chi connectivity index (χ0v) is 15.3. The van der Waals surface area contributed by atoms with Crippen LogP contribution in [0.25, 0.3) is 0 Å². The fraction of sp³-hybridized carbons (Fsp3) is 0.562. The van der Waals surface area contributed by atoms with Gasteiger partial charge in [0.1, 0.15) is 0 Å². The Bertz CT molecular complexity index is 542. The number of hydrogen-bond donors (Lipinski definition) is 2. The van der Waals surface area contributed by atoms with Gasteiger partial charge in [0.25, 0.3) is 0 Å². The summed E-state index contributed by atoms with van der Waals surface area (Å²) in [6.45, 7) is 3.84. The molecular weight excluding hydrogens is 393 g/mol. The van der Waals surface area contributed by atoms with E-state index in [0.29, 0.717) is 32.1 Å². The average Bonchev–Trinajstić information content (AvgIpc) is 3.07. The fourth-order valence-corrected chi connectivity index (χ4v) is 2.92. The minimum Gasteiger partial charge on any atom is -0.370 e. The van der Waals surface area contributed by atoms with Crippen molar-refractivity contribution in [3.05, 3.63) is 29.3 Å². The number of anilines is 1. The summed E-state index contributed by atoms with van der Waals surface area (Å²) >= 11 is 0. The molecular formula is C16H24IN3O2. The van der Waals surface area contributed by atoms with Gasteiger partial charge in [-0.05, 0) is 49.4 Å². The van der Waals surface area contributed by atoms with E-state index in [2.05, 4.69) is 28.5 Å². The summed E-state index contributed by atoms with van der Waals surface area (Å²) < 4.78 is 11.1. The van der Waals surface area contributed by atoms with Gasteiger partial charge in [0, 0.05) is 18.7 Å². The third-order valence-electron chi connectivity index (χ3n) is 4.12. The maximum Gasteiger partial charge on any atom is 0.193 e. The number of ether oxygens (including phenoxy) is 2. The normalized spacial score (nSPS) is 19.6. The molecule has 1 fully saturated rings. The summed E-state index contributed by atoms with van der Waals surface area (Å²) in [5.41, 5.74) is 9.83. The second-order valence-electron chi connectivity index (χ2n) is 5.81. The summed E-state index contributed by atoms with van der Waals surface area (Å²) in [5, 5.41) is 3.16. The molecule has 22 heavy (non-hydrogen) atoms. The van der Waals surface area contributed by atoms with Gasteiger partial charge in [-0.1, -0.05) is 6.07 Å². The third kappa shape index (κ3) is 4.33. The Hall–Kier alpha value is -0.860. The van der Waals surface area contributed by atoms with Crippen molar-refractivity contribution in [3.8, 4) is 0 Å². The predicted molar refractivity (Wildman–Crippen MR) is 98.9 cm³/mol. The first-order valence-electron chi connectivity index (χ1n) is 7.61. The third-order valence-corrected chi connectivity index (χ3v) is 4.12. The van der Waals surface area contributed by atoms with E-state index < -0.39 is 5.79 Å². The standard InChI is InChI=1S/C16H23N3O2.HI/c1-16(20-9-10-21-16)7-8-18-15(17)19-14-6-5-12-3-2-4-13(12)11-14;/h5-6,11H,2-4,7-10H2,1H3,(H3,17,18,19);1H. The Morgan fingerprint density at radius 1 is 1.27 bits per heavy atom. The molecule has 6 heteroatoms. The number of rotatable bonds is 4. The van der Waals surface area contributed by atoms with Gasteiger partial charge >= 0.3 is 0 Å². The average molecular weight is 417 g/mol. The number of guanidine groups is 1. The molecule has 0 bridgehead atoms. The molecule has 0 unspecified atom stereocenters. The molecule has 2 aliphatic rings. The molecule has 1 aromatic rings. The van der Waals surface area contributed by atoms with Crippen LogP contribution in [0.3, 0.4) is 0 Å². The van der Waals surface area contributed by atoms with E-state index in [1.54, 1.807) is 0 Å². The summed E-state index contributed by atoms with van der Waals surface area (Å²) in [4.78, 5) is 4.34. The maximum atomic E-state index is 5.94.